The van der Waals surface area contributed by atoms with Gasteiger partial charge in [0, 0.05) is 0 Å². The predicted molar refractivity (Wildman–Crippen MR) is 73.2 cm³/mol. The Labute approximate surface area is 112 Å². The van der Waals surface area contributed by atoms with Crippen LogP contribution in [0.1, 0.15) is 12.5 Å². The average molecular weight is 393 g/mol. The third-order valence-electron chi connectivity index (χ3n) is 1.72. The molecule has 16 heavy (non-hydrogen) atoms. The van der Waals surface area contributed by atoms with E-state index >= 15 is 0 Å². The second-order valence-corrected chi connectivity index (χ2v) is 17.2. The van der Waals surface area contributed by atoms with Gasteiger partial charge in [0.2, 0.25) is 0 Å². The summed E-state index contributed by atoms with van der Waals surface area (Å²) >= 11 is 2.85. The predicted octanol–water partition coefficient (Wildman–Crippen LogP) is 4.31. The van der Waals surface area contributed by atoms with Crippen LogP contribution < -0.4 is 0 Å². The molecule has 1 aromatic carbocycles. The zero-order valence-corrected chi connectivity index (χ0v) is 13.2. The van der Waals surface area contributed by atoms with Crippen molar-refractivity contribution < 1.29 is 4.79 Å². The van der Waals surface area contributed by atoms with Crippen molar-refractivity contribution in [1.29, 1.82) is 0 Å². The quantitative estimate of drug-likeness (QED) is 0.697. The molecular formula is C11H11Cl3OTe. The number of ketones is 1. The van der Waals surface area contributed by atoms with Crippen LogP contribution in [-0.2, 0) is 4.79 Å². The van der Waals surface area contributed by atoms with Gasteiger partial charge in [0.15, 0.2) is 0 Å². The first kappa shape index (κ1) is 14.4. The standard InChI is InChI=1S/C11H11Cl3OTe/c1-9(15)7-16(13,14)8-11(12)10-5-3-2-4-6-10/h2-6,8H,7H2,1H3/b11-8-. The first-order valence-corrected chi connectivity index (χ1v) is 13.8. The van der Waals surface area contributed by atoms with Crippen LogP contribution in [0.15, 0.2) is 34.5 Å². The Morgan fingerprint density at radius 2 is 1.88 bits per heavy atom. The molecule has 0 unspecified atom stereocenters. The number of hydrogen-bond donors (Lipinski definition) is 0. The molecule has 0 radical (unpaired) electrons. The molecule has 0 saturated heterocycles. The van der Waals surface area contributed by atoms with Crippen LogP contribution in [0.4, 0.5) is 0 Å². The van der Waals surface area contributed by atoms with Gasteiger partial charge in [-0.2, -0.15) is 0 Å². The minimum absolute atomic E-state index is 0.0000201. The van der Waals surface area contributed by atoms with Gasteiger partial charge >= 0.3 is 112 Å². The first-order chi connectivity index (χ1) is 7.41. The topological polar surface area (TPSA) is 17.1 Å². The van der Waals surface area contributed by atoms with Gasteiger partial charge in [0.25, 0.3) is 0 Å². The second kappa shape index (κ2) is 6.28. The van der Waals surface area contributed by atoms with E-state index < -0.39 is 15.9 Å². The molecule has 0 saturated carbocycles. The zero-order valence-electron chi connectivity index (χ0n) is 8.62. The SMILES string of the molecule is CC(=O)C[Te](Cl)(Cl)/C=C(\Cl)c1ccccc1. The third-order valence-corrected chi connectivity index (χ3v) is 9.03. The van der Waals surface area contributed by atoms with Gasteiger partial charge in [-0.1, -0.05) is 0 Å². The third kappa shape index (κ3) is 5.08. The average Bonchev–Trinajstić information content (AvgIpc) is 2.16. The van der Waals surface area contributed by atoms with E-state index in [4.69, 9.17) is 29.5 Å². The number of rotatable bonds is 4. The molecule has 0 spiro atoms. The van der Waals surface area contributed by atoms with Crippen LogP contribution in [0.3, 0.4) is 0 Å². The summed E-state index contributed by atoms with van der Waals surface area (Å²) in [4.78, 5) is 11.0. The van der Waals surface area contributed by atoms with Gasteiger partial charge in [-0.15, -0.1) is 0 Å². The molecule has 0 amide bonds. The summed E-state index contributed by atoms with van der Waals surface area (Å²) in [6.07, 6.45) is 0. The van der Waals surface area contributed by atoms with Gasteiger partial charge in [-0.05, 0) is 0 Å². The fourth-order valence-electron chi connectivity index (χ4n) is 1.13. The van der Waals surface area contributed by atoms with Crippen LogP contribution in [0.5, 0.6) is 0 Å². The van der Waals surface area contributed by atoms with E-state index in [0.29, 0.717) is 5.03 Å². The van der Waals surface area contributed by atoms with Crippen LogP contribution >= 0.6 is 29.5 Å². The fraction of sp³-hybridized carbons (Fsp3) is 0.182. The number of carbonyl (C=O) groups excluding carboxylic acids is 1. The Kier molecular flexibility index (Phi) is 5.64. The molecule has 0 bridgehead atoms. The van der Waals surface area contributed by atoms with Crippen LogP contribution in [0.2, 0.25) is 4.47 Å². The maximum atomic E-state index is 11.0. The van der Waals surface area contributed by atoms with Crippen LogP contribution in [-0.4, -0.2) is 21.7 Å². The van der Waals surface area contributed by atoms with Gasteiger partial charge in [0.1, 0.15) is 0 Å². The normalized spacial score (nSPS) is 13.6. The van der Waals surface area contributed by atoms with Crippen molar-refractivity contribution in [3.63, 3.8) is 0 Å². The Balaban J connectivity index is 2.88. The monoisotopic (exact) mass is 394 g/mol. The van der Waals surface area contributed by atoms with E-state index in [1.165, 1.54) is 6.92 Å². The summed E-state index contributed by atoms with van der Waals surface area (Å²) < 4.78 is 1.90. The number of benzene rings is 1. The zero-order chi connectivity index (χ0) is 12.2. The number of halogens is 3. The molecular weight excluding hydrogens is 382 g/mol. The molecule has 5 heteroatoms. The van der Waals surface area contributed by atoms with Crippen molar-refractivity contribution in [3.8, 4) is 0 Å². The molecule has 0 aliphatic heterocycles. The first-order valence-electron chi connectivity index (χ1n) is 4.53. The Morgan fingerprint density at radius 3 is 2.38 bits per heavy atom. The van der Waals surface area contributed by atoms with E-state index in [-0.39, 0.29) is 10.3 Å². The molecule has 0 atom stereocenters. The van der Waals surface area contributed by atoms with Crippen LogP contribution in [0.25, 0.3) is 5.03 Å². The molecule has 1 rings (SSSR count). The van der Waals surface area contributed by atoms with Crippen molar-refractivity contribution in [2.75, 3.05) is 0 Å². The molecule has 0 aliphatic carbocycles. The van der Waals surface area contributed by atoms with E-state index in [0.717, 1.165) is 5.56 Å². The molecule has 0 fully saturated rings. The van der Waals surface area contributed by atoms with Crippen LogP contribution in [0, 0.1) is 0 Å². The maximum absolute atomic E-state index is 11.0. The van der Waals surface area contributed by atoms with Gasteiger partial charge < -0.3 is 0 Å². The van der Waals surface area contributed by atoms with E-state index in [2.05, 4.69) is 0 Å². The molecule has 1 nitrogen and oxygen atoms in total. The van der Waals surface area contributed by atoms with Gasteiger partial charge in [0.05, 0.1) is 0 Å². The molecule has 0 N–H and O–H groups in total. The van der Waals surface area contributed by atoms with Gasteiger partial charge in [-0.3, -0.25) is 0 Å². The van der Waals surface area contributed by atoms with Crippen molar-refractivity contribution >= 4 is 56.3 Å². The number of Topliss-reactive ketones (excluding diaryl/α,β-unsaturated/α-hetero) is 1. The Hall–Kier alpha value is 0.290. The molecule has 0 heterocycles. The molecule has 0 aromatic heterocycles. The molecule has 0 aliphatic rings. The van der Waals surface area contributed by atoms with Crippen molar-refractivity contribution in [1.82, 2.24) is 0 Å². The molecule has 1 aromatic rings. The van der Waals surface area contributed by atoms with E-state index in [1.54, 1.807) is 4.12 Å². The fourth-order valence-corrected chi connectivity index (χ4v) is 9.18. The summed E-state index contributed by atoms with van der Waals surface area (Å²) in [6, 6.07) is 9.42. The summed E-state index contributed by atoms with van der Waals surface area (Å²) in [6.45, 7) is 1.48. The Morgan fingerprint density at radius 1 is 1.31 bits per heavy atom. The number of hydrogen-bond acceptors (Lipinski definition) is 1. The Bertz CT molecular complexity index is 401. The molecule has 88 valence electrons. The van der Waals surface area contributed by atoms with E-state index in [9.17, 15) is 4.79 Å². The van der Waals surface area contributed by atoms with Crippen molar-refractivity contribution in [2.45, 2.75) is 11.4 Å². The second-order valence-electron chi connectivity index (χ2n) is 3.30. The summed E-state index contributed by atoms with van der Waals surface area (Å²) in [5.74, 6) is -0.0000201. The summed E-state index contributed by atoms with van der Waals surface area (Å²) in [5, 5.41) is 0.521. The van der Waals surface area contributed by atoms with Gasteiger partial charge in [-0.25, -0.2) is 0 Å². The van der Waals surface area contributed by atoms with Crippen molar-refractivity contribution in [3.05, 3.63) is 40.0 Å². The summed E-state index contributed by atoms with van der Waals surface area (Å²) in [7, 11) is 12.3. The minimum atomic E-state index is -3.25. The van der Waals surface area contributed by atoms with Crippen molar-refractivity contribution in [2.24, 2.45) is 0 Å². The summed E-state index contributed by atoms with van der Waals surface area (Å²) in [5.41, 5.74) is 0.865. The van der Waals surface area contributed by atoms with E-state index in [1.807, 2.05) is 30.3 Å². The number of carbonyl (C=O) groups is 1.